The summed E-state index contributed by atoms with van der Waals surface area (Å²) in [6.07, 6.45) is 0. The normalized spacial score (nSPS) is 14.4. The Balaban J connectivity index is 1.10. The number of rotatable bonds is 4. The van der Waals surface area contributed by atoms with E-state index in [1.165, 1.54) is 77.2 Å². The summed E-state index contributed by atoms with van der Waals surface area (Å²) >= 11 is 0. The van der Waals surface area contributed by atoms with E-state index >= 15 is 0 Å². The van der Waals surface area contributed by atoms with Crippen LogP contribution in [0.4, 0.5) is 0 Å². The summed E-state index contributed by atoms with van der Waals surface area (Å²) in [5.41, 5.74) is 18.0. The Morgan fingerprint density at radius 1 is 0.357 bits per heavy atom. The summed E-state index contributed by atoms with van der Waals surface area (Å²) in [7, 11) is 0. The van der Waals surface area contributed by atoms with Crippen LogP contribution in [0.2, 0.25) is 0 Å². The summed E-state index contributed by atoms with van der Waals surface area (Å²) in [5, 5.41) is 4.98. The van der Waals surface area contributed by atoms with Crippen LogP contribution in [0.1, 0.15) is 49.9 Å². The third kappa shape index (κ3) is 4.69. The van der Waals surface area contributed by atoms with Crippen molar-refractivity contribution in [1.82, 2.24) is 9.97 Å². The summed E-state index contributed by atoms with van der Waals surface area (Å²) in [4.78, 5) is 10.7. The summed E-state index contributed by atoms with van der Waals surface area (Å²) in [5.74, 6) is 0.726. The number of benzene rings is 8. The molecule has 2 nitrogen and oxygen atoms in total. The van der Waals surface area contributed by atoms with Gasteiger partial charge in [0.2, 0.25) is 0 Å². The van der Waals surface area contributed by atoms with Crippen LogP contribution >= 0.6 is 0 Å². The van der Waals surface area contributed by atoms with E-state index in [1.54, 1.807) is 0 Å². The monoisotopic (exact) mass is 716 g/mol. The second-order valence-corrected chi connectivity index (χ2v) is 16.5. The molecule has 0 saturated heterocycles. The Kier molecular flexibility index (Phi) is 6.98. The largest absolute Gasteiger partial charge is 0.228 e. The van der Waals surface area contributed by atoms with Gasteiger partial charge >= 0.3 is 0 Å². The summed E-state index contributed by atoms with van der Waals surface area (Å²) < 4.78 is 0. The molecule has 0 amide bonds. The van der Waals surface area contributed by atoms with Crippen molar-refractivity contribution in [3.8, 4) is 67.3 Å². The molecule has 0 atom stereocenters. The molecule has 0 fully saturated rings. The highest BCUT2D eigenvalue weighted by atomic mass is 14.9. The SMILES string of the molecule is CC1(C)c2ccc(-c3ccc(-c4cc(-c5cccc6c5C(C)(C)c5ccccc5-6)nc(-c5ccccc5)n4)c4ccccc34)cc2-c2c1ccc1ccccc21. The lowest BCUT2D eigenvalue weighted by molar-refractivity contribution is 0.661. The van der Waals surface area contributed by atoms with Gasteiger partial charge < -0.3 is 0 Å². The molecule has 0 radical (unpaired) electrons. The van der Waals surface area contributed by atoms with Gasteiger partial charge in [-0.25, -0.2) is 9.97 Å². The molecule has 266 valence electrons. The molecule has 0 saturated carbocycles. The third-order valence-corrected chi connectivity index (χ3v) is 12.7. The van der Waals surface area contributed by atoms with Gasteiger partial charge in [0.15, 0.2) is 5.82 Å². The van der Waals surface area contributed by atoms with Crippen LogP contribution in [-0.2, 0) is 10.8 Å². The van der Waals surface area contributed by atoms with Crippen LogP contribution in [0.5, 0.6) is 0 Å². The number of hydrogen-bond donors (Lipinski definition) is 0. The van der Waals surface area contributed by atoms with Gasteiger partial charge in [-0.2, -0.15) is 0 Å². The number of fused-ring (bicyclic) bond motifs is 9. The van der Waals surface area contributed by atoms with Crippen molar-refractivity contribution < 1.29 is 0 Å². The van der Waals surface area contributed by atoms with Gasteiger partial charge in [-0.05, 0) is 89.3 Å². The summed E-state index contributed by atoms with van der Waals surface area (Å²) in [6, 6.07) is 62.0. The van der Waals surface area contributed by atoms with Crippen molar-refractivity contribution in [2.75, 3.05) is 0 Å². The lowest BCUT2D eigenvalue weighted by Crippen LogP contribution is -2.16. The van der Waals surface area contributed by atoms with Gasteiger partial charge in [-0.3, -0.25) is 0 Å². The van der Waals surface area contributed by atoms with Crippen molar-refractivity contribution >= 4 is 21.5 Å². The highest BCUT2D eigenvalue weighted by molar-refractivity contribution is 6.07. The molecular weight excluding hydrogens is 677 g/mol. The first kappa shape index (κ1) is 32.8. The average molecular weight is 717 g/mol. The standard InChI is InChI=1S/C54H40N2/c1-53(2)46-29-26-35(31-44(46)50-37-18-9-8-15-33(37)25-30-47(50)53)36-27-28-41(39-20-11-10-19-38(36)39)48-32-49(56-52(55-48)34-16-6-5-7-17-34)43-23-14-22-42-40-21-12-13-24-45(40)54(3,4)51(42)43/h5-32H,1-4H3. The second kappa shape index (κ2) is 11.9. The molecule has 8 aromatic carbocycles. The van der Waals surface area contributed by atoms with Gasteiger partial charge in [-0.15, -0.1) is 0 Å². The second-order valence-electron chi connectivity index (χ2n) is 16.5. The van der Waals surface area contributed by atoms with Crippen LogP contribution in [-0.4, -0.2) is 9.97 Å². The molecule has 0 spiro atoms. The highest BCUT2D eigenvalue weighted by Crippen LogP contribution is 2.54. The Hall–Kier alpha value is -6.64. The zero-order chi connectivity index (χ0) is 37.8. The van der Waals surface area contributed by atoms with E-state index in [-0.39, 0.29) is 10.8 Å². The van der Waals surface area contributed by atoms with Gasteiger partial charge in [0.25, 0.3) is 0 Å². The molecule has 2 aliphatic rings. The van der Waals surface area contributed by atoms with E-state index in [2.05, 4.69) is 191 Å². The molecule has 0 bridgehead atoms. The smallest absolute Gasteiger partial charge is 0.160 e. The van der Waals surface area contributed by atoms with Crippen molar-refractivity contribution in [3.63, 3.8) is 0 Å². The van der Waals surface area contributed by atoms with Crippen LogP contribution in [0.3, 0.4) is 0 Å². The maximum atomic E-state index is 5.33. The van der Waals surface area contributed by atoms with E-state index in [0.717, 1.165) is 33.9 Å². The fraction of sp³-hybridized carbons (Fsp3) is 0.111. The minimum Gasteiger partial charge on any atom is -0.228 e. The van der Waals surface area contributed by atoms with E-state index < -0.39 is 0 Å². The fourth-order valence-electron chi connectivity index (χ4n) is 9.97. The van der Waals surface area contributed by atoms with Gasteiger partial charge in [0.1, 0.15) is 0 Å². The molecule has 11 rings (SSSR count). The molecular formula is C54H40N2. The van der Waals surface area contributed by atoms with E-state index in [4.69, 9.17) is 9.97 Å². The topological polar surface area (TPSA) is 25.8 Å². The zero-order valence-electron chi connectivity index (χ0n) is 32.1. The molecule has 0 N–H and O–H groups in total. The van der Waals surface area contributed by atoms with Gasteiger partial charge in [0.05, 0.1) is 11.4 Å². The lowest BCUT2D eigenvalue weighted by atomic mass is 9.79. The molecule has 56 heavy (non-hydrogen) atoms. The molecule has 1 heterocycles. The molecule has 2 aliphatic carbocycles. The lowest BCUT2D eigenvalue weighted by Gasteiger charge is -2.24. The van der Waals surface area contributed by atoms with Crippen LogP contribution in [0.25, 0.3) is 88.8 Å². The third-order valence-electron chi connectivity index (χ3n) is 12.7. The number of nitrogens with zero attached hydrogens (tertiary/aromatic N) is 2. The minimum absolute atomic E-state index is 0.0722. The van der Waals surface area contributed by atoms with Gasteiger partial charge in [0, 0.05) is 27.5 Å². The van der Waals surface area contributed by atoms with Crippen LogP contribution < -0.4 is 0 Å². The predicted molar refractivity (Wildman–Crippen MR) is 234 cm³/mol. The Labute approximate surface area is 328 Å². The Morgan fingerprint density at radius 3 is 1.79 bits per heavy atom. The molecule has 9 aromatic rings. The first-order valence-electron chi connectivity index (χ1n) is 19.7. The Morgan fingerprint density at radius 2 is 0.964 bits per heavy atom. The maximum absolute atomic E-state index is 5.33. The molecule has 1 aromatic heterocycles. The first-order valence-corrected chi connectivity index (χ1v) is 19.7. The fourth-order valence-corrected chi connectivity index (χ4v) is 9.97. The van der Waals surface area contributed by atoms with Crippen molar-refractivity contribution in [2.24, 2.45) is 0 Å². The number of aromatic nitrogens is 2. The molecule has 0 aliphatic heterocycles. The van der Waals surface area contributed by atoms with Crippen LogP contribution in [0, 0.1) is 0 Å². The zero-order valence-corrected chi connectivity index (χ0v) is 32.1. The quantitative estimate of drug-likeness (QED) is 0.181. The number of hydrogen-bond acceptors (Lipinski definition) is 2. The highest BCUT2D eigenvalue weighted by Gasteiger charge is 2.38. The van der Waals surface area contributed by atoms with E-state index in [1.807, 2.05) is 6.07 Å². The van der Waals surface area contributed by atoms with E-state index in [0.29, 0.717) is 0 Å². The van der Waals surface area contributed by atoms with Crippen molar-refractivity contribution in [3.05, 3.63) is 192 Å². The van der Waals surface area contributed by atoms with Crippen LogP contribution in [0.15, 0.2) is 170 Å². The van der Waals surface area contributed by atoms with Crippen molar-refractivity contribution in [1.29, 1.82) is 0 Å². The van der Waals surface area contributed by atoms with Gasteiger partial charge in [-0.1, -0.05) is 185 Å². The Bertz CT molecular complexity index is 3080. The van der Waals surface area contributed by atoms with Crippen molar-refractivity contribution in [2.45, 2.75) is 38.5 Å². The first-order chi connectivity index (χ1) is 27.3. The minimum atomic E-state index is -0.174. The predicted octanol–water partition coefficient (Wildman–Crippen LogP) is 14.1. The van der Waals surface area contributed by atoms with E-state index in [9.17, 15) is 0 Å². The maximum Gasteiger partial charge on any atom is 0.160 e. The molecule has 2 heteroatoms. The molecule has 0 unspecified atom stereocenters. The summed E-state index contributed by atoms with van der Waals surface area (Å²) in [6.45, 7) is 9.41. The average Bonchev–Trinajstić information content (AvgIpc) is 3.63.